The third kappa shape index (κ3) is 2.72. The second kappa shape index (κ2) is 5.59. The van der Waals surface area contributed by atoms with Gasteiger partial charge in [0.1, 0.15) is 5.76 Å². The maximum Gasteiger partial charge on any atom is 0.125 e. The van der Waals surface area contributed by atoms with Crippen LogP contribution < -0.4 is 5.32 Å². The van der Waals surface area contributed by atoms with Gasteiger partial charge in [-0.2, -0.15) is 0 Å². The Bertz CT molecular complexity index is 495. The first-order chi connectivity index (χ1) is 9.34. The minimum Gasteiger partial charge on any atom is -0.467 e. The number of nitrogens with one attached hydrogen (secondary N) is 1. The fourth-order valence-electron chi connectivity index (χ4n) is 2.61. The summed E-state index contributed by atoms with van der Waals surface area (Å²) in [4.78, 5) is 0. The molecule has 3 nitrogen and oxygen atoms in total. The molecule has 1 N–H and O–H groups in total. The molecule has 2 heterocycles. The molecular weight excluding hydrogens is 238 g/mol. The lowest BCUT2D eigenvalue weighted by Crippen LogP contribution is -2.37. The Hall–Kier alpha value is -1.58. The van der Waals surface area contributed by atoms with Crippen LogP contribution in [0, 0.1) is 0 Å². The predicted molar refractivity (Wildman–Crippen MR) is 73.9 cm³/mol. The van der Waals surface area contributed by atoms with Gasteiger partial charge in [0.2, 0.25) is 0 Å². The molecule has 100 valence electrons. The van der Waals surface area contributed by atoms with E-state index >= 15 is 0 Å². The molecule has 3 rings (SSSR count). The van der Waals surface area contributed by atoms with Crippen LogP contribution in [-0.4, -0.2) is 18.8 Å². The minimum absolute atomic E-state index is 0.0883. The average molecular weight is 257 g/mol. The van der Waals surface area contributed by atoms with Gasteiger partial charge in [0.15, 0.2) is 0 Å². The molecular formula is C16H19NO2. The van der Waals surface area contributed by atoms with E-state index in [1.54, 1.807) is 6.26 Å². The van der Waals surface area contributed by atoms with E-state index in [2.05, 4.69) is 36.5 Å². The predicted octanol–water partition coefficient (Wildman–Crippen LogP) is 3.14. The van der Waals surface area contributed by atoms with Crippen LogP contribution in [0.4, 0.5) is 0 Å². The molecule has 0 saturated carbocycles. The van der Waals surface area contributed by atoms with Gasteiger partial charge in [-0.1, -0.05) is 30.3 Å². The summed E-state index contributed by atoms with van der Waals surface area (Å²) in [5.41, 5.74) is 1.22. The number of ether oxygens (including phenoxy) is 1. The molecule has 1 aliphatic heterocycles. The van der Waals surface area contributed by atoms with Gasteiger partial charge in [-0.15, -0.1) is 0 Å². The van der Waals surface area contributed by atoms with Crippen molar-refractivity contribution in [3.63, 3.8) is 0 Å². The average Bonchev–Trinajstić information content (AvgIpc) is 3.09. The van der Waals surface area contributed by atoms with Gasteiger partial charge in [-0.05, 0) is 31.0 Å². The van der Waals surface area contributed by atoms with Crippen molar-refractivity contribution in [1.29, 1.82) is 0 Å². The smallest absolute Gasteiger partial charge is 0.125 e. The van der Waals surface area contributed by atoms with E-state index in [9.17, 15) is 0 Å². The van der Waals surface area contributed by atoms with Gasteiger partial charge in [0.05, 0.1) is 18.4 Å². The summed E-state index contributed by atoms with van der Waals surface area (Å²) in [6.45, 7) is 2.95. The third-order valence-corrected chi connectivity index (χ3v) is 3.72. The zero-order valence-corrected chi connectivity index (χ0v) is 11.1. The van der Waals surface area contributed by atoms with Crippen molar-refractivity contribution in [3.8, 4) is 0 Å². The van der Waals surface area contributed by atoms with Crippen LogP contribution in [0.2, 0.25) is 0 Å². The van der Waals surface area contributed by atoms with E-state index < -0.39 is 0 Å². The normalized spacial score (nSPS) is 24.5. The molecule has 1 aromatic carbocycles. The van der Waals surface area contributed by atoms with E-state index in [0.29, 0.717) is 6.04 Å². The van der Waals surface area contributed by atoms with Crippen molar-refractivity contribution in [1.82, 2.24) is 5.32 Å². The van der Waals surface area contributed by atoms with Crippen LogP contribution in [0.15, 0.2) is 53.1 Å². The van der Waals surface area contributed by atoms with Crippen LogP contribution >= 0.6 is 0 Å². The summed E-state index contributed by atoms with van der Waals surface area (Å²) in [6.07, 6.45) is 3.02. The monoisotopic (exact) mass is 257 g/mol. The summed E-state index contributed by atoms with van der Waals surface area (Å²) >= 11 is 0. The van der Waals surface area contributed by atoms with Crippen molar-refractivity contribution in [2.45, 2.75) is 31.5 Å². The van der Waals surface area contributed by atoms with Crippen molar-refractivity contribution in [2.75, 3.05) is 6.61 Å². The first-order valence-corrected chi connectivity index (χ1v) is 6.80. The first kappa shape index (κ1) is 12.5. The molecule has 2 aromatic rings. The lowest BCUT2D eigenvalue weighted by atomic mass is 10.0. The number of furan rings is 1. The molecule has 1 aliphatic rings. The first-order valence-electron chi connectivity index (χ1n) is 6.80. The van der Waals surface area contributed by atoms with Gasteiger partial charge >= 0.3 is 0 Å². The van der Waals surface area contributed by atoms with Crippen LogP contribution in [-0.2, 0) is 4.74 Å². The lowest BCUT2D eigenvalue weighted by molar-refractivity contribution is 0.111. The van der Waals surface area contributed by atoms with Gasteiger partial charge in [0.25, 0.3) is 0 Å². The van der Waals surface area contributed by atoms with Crippen LogP contribution in [0.3, 0.4) is 0 Å². The number of rotatable bonds is 4. The van der Waals surface area contributed by atoms with E-state index in [-0.39, 0.29) is 12.1 Å². The summed E-state index contributed by atoms with van der Waals surface area (Å²) in [7, 11) is 0. The SMILES string of the molecule is CC1OCCC1NC(c1ccccc1)c1ccco1. The van der Waals surface area contributed by atoms with Gasteiger partial charge in [-0.3, -0.25) is 5.32 Å². The minimum atomic E-state index is 0.0883. The van der Waals surface area contributed by atoms with E-state index in [0.717, 1.165) is 18.8 Å². The molecule has 1 saturated heterocycles. The second-order valence-corrected chi connectivity index (χ2v) is 5.00. The molecule has 3 unspecified atom stereocenters. The Kier molecular flexibility index (Phi) is 3.67. The van der Waals surface area contributed by atoms with E-state index in [1.165, 1.54) is 5.56 Å². The Balaban J connectivity index is 1.85. The highest BCUT2D eigenvalue weighted by Crippen LogP contribution is 2.25. The van der Waals surface area contributed by atoms with E-state index in [1.807, 2.05) is 18.2 Å². The number of hydrogen-bond acceptors (Lipinski definition) is 3. The fourth-order valence-corrected chi connectivity index (χ4v) is 2.61. The largest absolute Gasteiger partial charge is 0.467 e. The zero-order chi connectivity index (χ0) is 13.1. The molecule has 1 aromatic heterocycles. The van der Waals surface area contributed by atoms with E-state index in [4.69, 9.17) is 9.15 Å². The lowest BCUT2D eigenvalue weighted by Gasteiger charge is -2.23. The molecule has 1 fully saturated rings. The van der Waals surface area contributed by atoms with Crippen molar-refractivity contribution >= 4 is 0 Å². The Morgan fingerprint density at radius 3 is 2.63 bits per heavy atom. The standard InChI is InChI=1S/C16H19NO2/c1-12-14(9-11-18-12)17-16(15-8-5-10-19-15)13-6-3-2-4-7-13/h2-8,10,12,14,16-17H,9,11H2,1H3. The molecule has 0 aliphatic carbocycles. The highest BCUT2D eigenvalue weighted by atomic mass is 16.5. The molecule has 3 heteroatoms. The van der Waals surface area contributed by atoms with Crippen molar-refractivity contribution in [2.24, 2.45) is 0 Å². The van der Waals surface area contributed by atoms with Crippen LogP contribution in [0.25, 0.3) is 0 Å². The second-order valence-electron chi connectivity index (χ2n) is 5.00. The highest BCUT2D eigenvalue weighted by molar-refractivity contribution is 5.26. The molecule has 3 atom stereocenters. The molecule has 0 spiro atoms. The van der Waals surface area contributed by atoms with Crippen molar-refractivity contribution < 1.29 is 9.15 Å². The van der Waals surface area contributed by atoms with Crippen LogP contribution in [0.1, 0.15) is 30.7 Å². The topological polar surface area (TPSA) is 34.4 Å². The fraction of sp³-hybridized carbons (Fsp3) is 0.375. The Labute approximate surface area is 113 Å². The highest BCUT2D eigenvalue weighted by Gasteiger charge is 2.28. The van der Waals surface area contributed by atoms with Crippen LogP contribution in [0.5, 0.6) is 0 Å². The number of hydrogen-bond donors (Lipinski definition) is 1. The van der Waals surface area contributed by atoms with Gasteiger partial charge < -0.3 is 9.15 Å². The summed E-state index contributed by atoms with van der Waals surface area (Å²) in [5.74, 6) is 0.949. The molecule has 0 bridgehead atoms. The maximum atomic E-state index is 5.63. The number of benzene rings is 1. The van der Waals surface area contributed by atoms with Gasteiger partial charge in [-0.25, -0.2) is 0 Å². The molecule has 19 heavy (non-hydrogen) atoms. The molecule has 0 radical (unpaired) electrons. The Morgan fingerprint density at radius 2 is 2.00 bits per heavy atom. The Morgan fingerprint density at radius 1 is 1.16 bits per heavy atom. The zero-order valence-electron chi connectivity index (χ0n) is 11.1. The summed E-state index contributed by atoms with van der Waals surface area (Å²) in [5, 5.41) is 3.67. The van der Waals surface area contributed by atoms with Crippen molar-refractivity contribution in [3.05, 3.63) is 60.1 Å². The summed E-state index contributed by atoms with van der Waals surface area (Å²) in [6, 6.07) is 14.8. The third-order valence-electron chi connectivity index (χ3n) is 3.72. The quantitative estimate of drug-likeness (QED) is 0.913. The maximum absolute atomic E-state index is 5.63. The van der Waals surface area contributed by atoms with Gasteiger partial charge in [0, 0.05) is 12.6 Å². The molecule has 0 amide bonds. The summed E-state index contributed by atoms with van der Waals surface area (Å²) < 4.78 is 11.2.